The Morgan fingerprint density at radius 1 is 1.50 bits per heavy atom. The van der Waals surface area contributed by atoms with Gasteiger partial charge in [-0.05, 0) is 12.8 Å². The normalized spacial score (nSPS) is 29.7. The van der Waals surface area contributed by atoms with Gasteiger partial charge in [0.2, 0.25) is 0 Å². The van der Waals surface area contributed by atoms with E-state index in [1.807, 2.05) is 0 Å². The molecule has 0 radical (unpaired) electrons. The number of hydrogen-bond donors (Lipinski definition) is 2. The Bertz CT molecular complexity index is 208. The number of hydrogen-bond acceptors (Lipinski definition) is 3. The highest BCUT2D eigenvalue weighted by molar-refractivity contribution is 6.27. The van der Waals surface area contributed by atoms with E-state index in [0.29, 0.717) is 6.04 Å². The highest BCUT2D eigenvalue weighted by Gasteiger charge is 2.21. The molecule has 4 nitrogen and oxygen atoms in total. The second-order valence-electron chi connectivity index (χ2n) is 3.34. The van der Waals surface area contributed by atoms with Crippen molar-refractivity contribution in [1.29, 1.82) is 0 Å². The lowest BCUT2D eigenvalue weighted by molar-refractivity contribution is -0.114. The molecule has 0 aromatic rings. The topological polar surface area (TPSA) is 53.5 Å². The van der Waals surface area contributed by atoms with Gasteiger partial charge in [0.15, 0.2) is 6.29 Å². The Balaban J connectivity index is 1.79. The number of carbonyl (C=O) groups excluding carboxylic acids is 1. The summed E-state index contributed by atoms with van der Waals surface area (Å²) in [7, 11) is 0. The van der Waals surface area contributed by atoms with E-state index in [1.165, 1.54) is 31.9 Å². The van der Waals surface area contributed by atoms with Crippen molar-refractivity contribution < 1.29 is 4.79 Å². The summed E-state index contributed by atoms with van der Waals surface area (Å²) in [4.78, 5) is 14.7. The molecule has 1 heterocycles. The van der Waals surface area contributed by atoms with E-state index in [-0.39, 0.29) is 12.2 Å². The third-order valence-electron chi connectivity index (χ3n) is 2.37. The predicted molar refractivity (Wildman–Crippen MR) is 45.8 cm³/mol. The summed E-state index contributed by atoms with van der Waals surface area (Å²) in [6.07, 6.45) is 6.18. The second kappa shape index (κ2) is 3.23. The lowest BCUT2D eigenvalue weighted by atomic mass is 10.2. The molecule has 1 amide bonds. The molecule has 12 heavy (non-hydrogen) atoms. The number of amides is 1. The maximum atomic E-state index is 10.7. The molecule has 0 aromatic heterocycles. The van der Waals surface area contributed by atoms with Crippen LogP contribution in [0.15, 0.2) is 4.99 Å². The van der Waals surface area contributed by atoms with Crippen molar-refractivity contribution in [2.45, 2.75) is 38.0 Å². The van der Waals surface area contributed by atoms with Crippen molar-refractivity contribution >= 4 is 12.1 Å². The average molecular weight is 167 g/mol. The van der Waals surface area contributed by atoms with Crippen LogP contribution in [0.2, 0.25) is 0 Å². The molecule has 2 rings (SSSR count). The minimum absolute atomic E-state index is 0.0921. The standard InChI is InChI=1S/C8H13N3O/c12-7-5-9-8(11-7)10-6-3-1-2-4-6/h5-6,8,10H,1-4H2,(H,11,12). The Morgan fingerprint density at radius 3 is 2.83 bits per heavy atom. The number of nitrogens with zero attached hydrogens (tertiary/aromatic N) is 1. The summed E-state index contributed by atoms with van der Waals surface area (Å²) in [5.74, 6) is -0.0921. The van der Waals surface area contributed by atoms with Gasteiger partial charge in [-0.2, -0.15) is 0 Å². The minimum Gasteiger partial charge on any atom is -0.317 e. The largest absolute Gasteiger partial charge is 0.317 e. The molecule has 0 saturated heterocycles. The number of carbonyl (C=O) groups is 1. The van der Waals surface area contributed by atoms with Crippen molar-refractivity contribution in [3.63, 3.8) is 0 Å². The molecular formula is C8H13N3O. The van der Waals surface area contributed by atoms with E-state index in [2.05, 4.69) is 15.6 Å². The SMILES string of the molecule is O=C1C=NC(NC2CCCC2)N1. The van der Waals surface area contributed by atoms with E-state index in [9.17, 15) is 4.79 Å². The molecule has 1 aliphatic heterocycles. The zero-order chi connectivity index (χ0) is 8.39. The monoisotopic (exact) mass is 167 g/mol. The average Bonchev–Trinajstić information content (AvgIpc) is 2.63. The molecule has 0 bridgehead atoms. The van der Waals surface area contributed by atoms with Gasteiger partial charge in [0, 0.05) is 6.04 Å². The van der Waals surface area contributed by atoms with Crippen LogP contribution in [0.25, 0.3) is 0 Å². The summed E-state index contributed by atoms with van der Waals surface area (Å²) in [5.41, 5.74) is 0. The zero-order valence-corrected chi connectivity index (χ0v) is 6.92. The van der Waals surface area contributed by atoms with Crippen LogP contribution in [0.5, 0.6) is 0 Å². The Morgan fingerprint density at radius 2 is 2.25 bits per heavy atom. The summed E-state index contributed by atoms with van der Waals surface area (Å²) in [6, 6.07) is 0.547. The number of aliphatic imine (C=N–C) groups is 1. The molecule has 1 saturated carbocycles. The highest BCUT2D eigenvalue weighted by atomic mass is 16.2. The molecule has 4 heteroatoms. The highest BCUT2D eigenvalue weighted by Crippen LogP contribution is 2.18. The van der Waals surface area contributed by atoms with Gasteiger partial charge >= 0.3 is 0 Å². The van der Waals surface area contributed by atoms with Crippen LogP contribution in [0.1, 0.15) is 25.7 Å². The van der Waals surface area contributed by atoms with Crippen molar-refractivity contribution in [1.82, 2.24) is 10.6 Å². The third-order valence-corrected chi connectivity index (χ3v) is 2.37. The van der Waals surface area contributed by atoms with Gasteiger partial charge in [-0.25, -0.2) is 4.99 Å². The zero-order valence-electron chi connectivity index (χ0n) is 6.92. The van der Waals surface area contributed by atoms with Crippen LogP contribution in [-0.4, -0.2) is 24.5 Å². The fourth-order valence-electron chi connectivity index (χ4n) is 1.75. The van der Waals surface area contributed by atoms with Crippen molar-refractivity contribution in [3.05, 3.63) is 0 Å². The summed E-state index contributed by atoms with van der Waals surface area (Å²) in [6.45, 7) is 0. The third kappa shape index (κ3) is 1.64. The van der Waals surface area contributed by atoms with Crippen molar-refractivity contribution in [2.24, 2.45) is 4.99 Å². The molecule has 1 atom stereocenters. The predicted octanol–water partition coefficient (Wildman–Crippen LogP) is 0.00280. The molecule has 66 valence electrons. The lowest BCUT2D eigenvalue weighted by Gasteiger charge is -2.15. The van der Waals surface area contributed by atoms with Crippen molar-refractivity contribution in [3.8, 4) is 0 Å². The fraction of sp³-hybridized carbons (Fsp3) is 0.750. The fourth-order valence-corrected chi connectivity index (χ4v) is 1.75. The van der Waals surface area contributed by atoms with E-state index in [4.69, 9.17) is 0 Å². The Kier molecular flexibility index (Phi) is 2.08. The first kappa shape index (κ1) is 7.73. The summed E-state index contributed by atoms with van der Waals surface area (Å²) >= 11 is 0. The van der Waals surface area contributed by atoms with Crippen LogP contribution in [0.4, 0.5) is 0 Å². The van der Waals surface area contributed by atoms with E-state index in [1.54, 1.807) is 0 Å². The number of nitrogens with one attached hydrogen (secondary N) is 2. The van der Waals surface area contributed by atoms with Crippen LogP contribution in [0, 0.1) is 0 Å². The Hall–Kier alpha value is -0.900. The van der Waals surface area contributed by atoms with Crippen LogP contribution >= 0.6 is 0 Å². The summed E-state index contributed by atoms with van der Waals surface area (Å²) < 4.78 is 0. The first-order valence-electron chi connectivity index (χ1n) is 4.44. The molecule has 2 aliphatic rings. The van der Waals surface area contributed by atoms with E-state index < -0.39 is 0 Å². The Labute approximate surface area is 71.4 Å². The number of rotatable bonds is 2. The first-order chi connectivity index (χ1) is 5.84. The molecule has 1 aliphatic carbocycles. The minimum atomic E-state index is -0.166. The van der Waals surface area contributed by atoms with Gasteiger partial charge < -0.3 is 5.32 Å². The van der Waals surface area contributed by atoms with Crippen LogP contribution in [-0.2, 0) is 4.79 Å². The second-order valence-corrected chi connectivity index (χ2v) is 3.34. The van der Waals surface area contributed by atoms with Crippen molar-refractivity contribution in [2.75, 3.05) is 0 Å². The molecule has 0 spiro atoms. The molecule has 0 aromatic carbocycles. The maximum Gasteiger partial charge on any atom is 0.264 e. The van der Waals surface area contributed by atoms with Gasteiger partial charge in [0.25, 0.3) is 5.91 Å². The summed E-state index contributed by atoms with van der Waals surface area (Å²) in [5, 5.41) is 5.99. The van der Waals surface area contributed by atoms with Crippen LogP contribution in [0.3, 0.4) is 0 Å². The van der Waals surface area contributed by atoms with Gasteiger partial charge in [-0.15, -0.1) is 0 Å². The molecule has 2 N–H and O–H groups in total. The maximum absolute atomic E-state index is 10.7. The smallest absolute Gasteiger partial charge is 0.264 e. The first-order valence-corrected chi connectivity index (χ1v) is 4.44. The van der Waals surface area contributed by atoms with Gasteiger partial charge in [-0.3, -0.25) is 10.1 Å². The van der Waals surface area contributed by atoms with E-state index in [0.717, 1.165) is 0 Å². The molecular weight excluding hydrogens is 154 g/mol. The van der Waals surface area contributed by atoms with Crippen LogP contribution < -0.4 is 10.6 Å². The van der Waals surface area contributed by atoms with Gasteiger partial charge in [0.05, 0.1) is 6.21 Å². The quantitative estimate of drug-likeness (QED) is 0.608. The van der Waals surface area contributed by atoms with E-state index >= 15 is 0 Å². The lowest BCUT2D eigenvalue weighted by Crippen LogP contribution is -2.44. The van der Waals surface area contributed by atoms with Gasteiger partial charge in [0.1, 0.15) is 0 Å². The molecule has 1 unspecified atom stereocenters. The molecule has 1 fully saturated rings. The van der Waals surface area contributed by atoms with Gasteiger partial charge in [-0.1, -0.05) is 12.8 Å².